The normalized spacial score (nSPS) is 16.2. The zero-order valence-electron chi connectivity index (χ0n) is 13.2. The zero-order valence-corrected chi connectivity index (χ0v) is 14.0. The molecule has 4 nitrogen and oxygen atoms in total. The van der Waals surface area contributed by atoms with E-state index in [0.29, 0.717) is 10.6 Å². The largest absolute Gasteiger partial charge is 0.367 e. The molecule has 0 radical (unpaired) electrons. The summed E-state index contributed by atoms with van der Waals surface area (Å²) in [4.78, 5) is 25.8. The molecule has 0 spiro atoms. The fourth-order valence-electron chi connectivity index (χ4n) is 2.20. The lowest BCUT2D eigenvalue weighted by Gasteiger charge is -2.14. The quantitative estimate of drug-likeness (QED) is 0.804. The number of thioether (sulfide) groups is 1. The first kappa shape index (κ1) is 17.0. The zero-order chi connectivity index (χ0) is 17.6. The molecule has 1 aliphatic rings. The van der Waals surface area contributed by atoms with Gasteiger partial charge >= 0.3 is 0 Å². The lowest BCUT2D eigenvalue weighted by Crippen LogP contribution is -2.33. The van der Waals surface area contributed by atoms with Crippen molar-refractivity contribution < 1.29 is 14.0 Å². The minimum atomic E-state index is -0.345. The molecule has 1 fully saturated rings. The van der Waals surface area contributed by atoms with Crippen molar-refractivity contribution in [2.75, 3.05) is 12.0 Å². The molecule has 2 aromatic carbocycles. The van der Waals surface area contributed by atoms with E-state index >= 15 is 0 Å². The molecule has 1 saturated heterocycles. The Balaban J connectivity index is 1.62. The van der Waals surface area contributed by atoms with Crippen LogP contribution in [0.4, 0.5) is 14.9 Å². The molecule has 25 heavy (non-hydrogen) atoms. The van der Waals surface area contributed by atoms with Crippen LogP contribution in [0, 0.1) is 5.82 Å². The predicted molar refractivity (Wildman–Crippen MR) is 98.3 cm³/mol. The van der Waals surface area contributed by atoms with Gasteiger partial charge in [-0.05, 0) is 47.7 Å². The van der Waals surface area contributed by atoms with Crippen LogP contribution in [-0.4, -0.2) is 22.7 Å². The number of benzene rings is 2. The van der Waals surface area contributed by atoms with Gasteiger partial charge < -0.3 is 5.32 Å². The first-order valence-electron chi connectivity index (χ1n) is 7.60. The Kier molecular flexibility index (Phi) is 5.30. The minimum Gasteiger partial charge on any atom is -0.367 e. The fourth-order valence-corrected chi connectivity index (χ4v) is 2.99. The molecule has 2 amide bonds. The maximum absolute atomic E-state index is 12.9. The number of nitrogens with one attached hydrogen (secondary N) is 1. The van der Waals surface area contributed by atoms with Crippen LogP contribution in [0.15, 0.2) is 71.7 Å². The number of hydrogen-bond donors (Lipinski definition) is 1. The van der Waals surface area contributed by atoms with E-state index in [1.54, 1.807) is 24.3 Å². The van der Waals surface area contributed by atoms with E-state index in [-0.39, 0.29) is 23.6 Å². The molecule has 3 rings (SSSR count). The summed E-state index contributed by atoms with van der Waals surface area (Å²) in [6, 6.07) is 15.4. The summed E-state index contributed by atoms with van der Waals surface area (Å²) in [5.41, 5.74) is 1.64. The summed E-state index contributed by atoms with van der Waals surface area (Å²) in [6.07, 6.45) is 5.25. The van der Waals surface area contributed by atoms with E-state index in [4.69, 9.17) is 0 Å². The molecule has 2 aromatic rings. The molecular weight excluding hydrogens is 339 g/mol. The molecule has 6 heteroatoms. The van der Waals surface area contributed by atoms with Gasteiger partial charge in [-0.15, -0.1) is 0 Å². The molecule has 0 aromatic heterocycles. The van der Waals surface area contributed by atoms with Crippen molar-refractivity contribution in [3.8, 4) is 0 Å². The predicted octanol–water partition coefficient (Wildman–Crippen LogP) is 4.49. The van der Waals surface area contributed by atoms with E-state index in [9.17, 15) is 14.0 Å². The van der Waals surface area contributed by atoms with Gasteiger partial charge in [0.2, 0.25) is 0 Å². The number of imide groups is 1. The standard InChI is InChI=1S/C19H15FN2O2S/c20-15-9-11-16(12-10-15)21-13-22-18(23)17(25-19(22)24)8-4-7-14-5-2-1-3-6-14/h1-12,21H,13H2. The van der Waals surface area contributed by atoms with Crippen LogP contribution in [0.1, 0.15) is 5.56 Å². The number of hydrogen-bond acceptors (Lipinski definition) is 4. The van der Waals surface area contributed by atoms with Crippen LogP contribution in [0.5, 0.6) is 0 Å². The summed E-state index contributed by atoms with van der Waals surface area (Å²) >= 11 is 0.902. The Morgan fingerprint density at radius 3 is 2.48 bits per heavy atom. The van der Waals surface area contributed by atoms with E-state index in [0.717, 1.165) is 22.2 Å². The molecule has 0 saturated carbocycles. The Morgan fingerprint density at radius 2 is 1.76 bits per heavy atom. The molecule has 126 valence electrons. The van der Waals surface area contributed by atoms with E-state index in [2.05, 4.69) is 5.32 Å². The molecule has 0 aliphatic carbocycles. The van der Waals surface area contributed by atoms with Gasteiger partial charge in [0.15, 0.2) is 0 Å². The van der Waals surface area contributed by atoms with Crippen LogP contribution in [0.3, 0.4) is 0 Å². The number of anilines is 1. The van der Waals surface area contributed by atoms with E-state index in [1.165, 1.54) is 12.1 Å². The number of allylic oxidation sites excluding steroid dienone is 2. The van der Waals surface area contributed by atoms with Crippen molar-refractivity contribution in [2.45, 2.75) is 0 Å². The summed E-state index contributed by atoms with van der Waals surface area (Å²) in [7, 11) is 0. The molecule has 0 unspecified atom stereocenters. The Morgan fingerprint density at radius 1 is 1.04 bits per heavy atom. The van der Waals surface area contributed by atoms with Crippen LogP contribution in [0.25, 0.3) is 6.08 Å². The highest BCUT2D eigenvalue weighted by Crippen LogP contribution is 2.30. The Bertz CT molecular complexity index is 832. The first-order chi connectivity index (χ1) is 12.1. The number of amides is 2. The number of carbonyl (C=O) groups is 2. The highest BCUT2D eigenvalue weighted by atomic mass is 32.2. The van der Waals surface area contributed by atoms with Gasteiger partial charge in [-0.25, -0.2) is 4.39 Å². The number of halogens is 1. The summed E-state index contributed by atoms with van der Waals surface area (Å²) < 4.78 is 12.9. The van der Waals surface area contributed by atoms with Crippen LogP contribution in [-0.2, 0) is 4.79 Å². The highest BCUT2D eigenvalue weighted by Gasteiger charge is 2.34. The average Bonchev–Trinajstić information content (AvgIpc) is 2.89. The second kappa shape index (κ2) is 7.81. The summed E-state index contributed by atoms with van der Waals surface area (Å²) in [6.45, 7) is 0.0377. The summed E-state index contributed by atoms with van der Waals surface area (Å²) in [5, 5.41) is 2.60. The number of carbonyl (C=O) groups excluding carboxylic acids is 2. The summed E-state index contributed by atoms with van der Waals surface area (Å²) in [5.74, 6) is -0.688. The Hall–Kier alpha value is -2.86. The lowest BCUT2D eigenvalue weighted by atomic mass is 10.2. The van der Waals surface area contributed by atoms with Crippen molar-refractivity contribution in [3.63, 3.8) is 0 Å². The third-order valence-corrected chi connectivity index (χ3v) is 4.42. The minimum absolute atomic E-state index is 0.0377. The smallest absolute Gasteiger partial charge is 0.295 e. The SMILES string of the molecule is O=C1SC(=CC=Cc2ccccc2)C(=O)N1CNc1ccc(F)cc1. The monoisotopic (exact) mass is 354 g/mol. The van der Waals surface area contributed by atoms with Gasteiger partial charge in [0.25, 0.3) is 11.1 Å². The third kappa shape index (κ3) is 4.36. The van der Waals surface area contributed by atoms with Crippen LogP contribution >= 0.6 is 11.8 Å². The second-order valence-electron chi connectivity index (χ2n) is 5.24. The molecule has 1 heterocycles. The van der Waals surface area contributed by atoms with Crippen molar-refractivity contribution in [2.24, 2.45) is 0 Å². The van der Waals surface area contributed by atoms with Crippen molar-refractivity contribution in [1.82, 2.24) is 4.90 Å². The number of rotatable bonds is 5. The fraction of sp³-hybridized carbons (Fsp3) is 0.0526. The lowest BCUT2D eigenvalue weighted by molar-refractivity contribution is -0.122. The number of nitrogens with zero attached hydrogens (tertiary/aromatic N) is 1. The van der Waals surface area contributed by atoms with Crippen LogP contribution < -0.4 is 5.32 Å². The molecule has 1 aliphatic heterocycles. The van der Waals surface area contributed by atoms with Gasteiger partial charge in [-0.2, -0.15) is 0 Å². The van der Waals surface area contributed by atoms with Gasteiger partial charge in [-0.3, -0.25) is 14.5 Å². The van der Waals surface area contributed by atoms with Crippen molar-refractivity contribution >= 4 is 34.7 Å². The first-order valence-corrected chi connectivity index (χ1v) is 8.42. The van der Waals surface area contributed by atoms with Gasteiger partial charge in [0, 0.05) is 5.69 Å². The van der Waals surface area contributed by atoms with Crippen molar-refractivity contribution in [3.05, 3.63) is 83.0 Å². The topological polar surface area (TPSA) is 49.4 Å². The highest BCUT2D eigenvalue weighted by molar-refractivity contribution is 8.18. The molecule has 1 N–H and O–H groups in total. The van der Waals surface area contributed by atoms with Crippen molar-refractivity contribution in [1.29, 1.82) is 0 Å². The van der Waals surface area contributed by atoms with Crippen LogP contribution in [0.2, 0.25) is 0 Å². The van der Waals surface area contributed by atoms with Gasteiger partial charge in [0.1, 0.15) is 5.82 Å². The molecule has 0 bridgehead atoms. The Labute approximate surface area is 149 Å². The average molecular weight is 354 g/mol. The van der Waals surface area contributed by atoms with Gasteiger partial charge in [0.05, 0.1) is 11.6 Å². The maximum atomic E-state index is 12.9. The second-order valence-corrected chi connectivity index (χ2v) is 6.24. The molecule has 0 atom stereocenters. The third-order valence-electron chi connectivity index (χ3n) is 3.49. The van der Waals surface area contributed by atoms with E-state index in [1.807, 2.05) is 36.4 Å². The molecular formula is C19H15FN2O2S. The maximum Gasteiger partial charge on any atom is 0.295 e. The van der Waals surface area contributed by atoms with Gasteiger partial charge in [-0.1, -0.05) is 42.5 Å². The van der Waals surface area contributed by atoms with E-state index < -0.39 is 0 Å².